The molecule has 4 nitrogen and oxygen atoms in total. The highest BCUT2D eigenvalue weighted by Crippen LogP contribution is 2.16. The molecule has 0 radical (unpaired) electrons. The number of rotatable bonds is 6. The average Bonchev–Trinajstić information content (AvgIpc) is 2.60. The van der Waals surface area contributed by atoms with Gasteiger partial charge in [0.25, 0.3) is 0 Å². The number of nitrogens with zero attached hydrogens (tertiary/aromatic N) is 3. The zero-order valence-electron chi connectivity index (χ0n) is 7.49. The fourth-order valence-corrected chi connectivity index (χ4v) is 2.13. The normalized spacial score (nSPS) is 10.8. The fraction of sp³-hybridized carbons (Fsp3) is 0.714. The van der Waals surface area contributed by atoms with E-state index < -0.39 is 0 Å². The molecule has 0 unspecified atom stereocenters. The molecule has 0 aliphatic heterocycles. The summed E-state index contributed by atoms with van der Waals surface area (Å²) in [6.07, 6.45) is 0. The Hall–Kier alpha value is 0.0300. The molecular weight excluding hydrogens is 245 g/mol. The van der Waals surface area contributed by atoms with Gasteiger partial charge < -0.3 is 5.11 Å². The Bertz CT molecular complexity index is 282. The minimum atomic E-state index is 0.171. The van der Waals surface area contributed by atoms with E-state index >= 15 is 0 Å². The summed E-state index contributed by atoms with van der Waals surface area (Å²) in [4.78, 5) is 0. The van der Waals surface area contributed by atoms with E-state index in [1.165, 1.54) is 0 Å². The molecule has 0 aliphatic rings. The molecule has 0 saturated carbocycles. The van der Waals surface area contributed by atoms with Gasteiger partial charge in [0.1, 0.15) is 6.00 Å². The van der Waals surface area contributed by atoms with Gasteiger partial charge in [-0.3, -0.25) is 0 Å². The third kappa shape index (κ3) is 3.02. The first-order valence-corrected chi connectivity index (χ1v) is 6.27. The van der Waals surface area contributed by atoms with E-state index in [-0.39, 0.29) is 12.6 Å². The van der Waals surface area contributed by atoms with E-state index in [2.05, 4.69) is 10.3 Å². The standard InChI is InChI=1S/C7H11Cl2N3OS/c8-3-7-6(4-14-2-1-13)10-11-12(7)5-9/h13H,1-5H2. The number of halogens is 2. The minimum Gasteiger partial charge on any atom is -0.396 e. The lowest BCUT2D eigenvalue weighted by Gasteiger charge is -2.00. The number of hydrogen-bond donors (Lipinski definition) is 1. The monoisotopic (exact) mass is 255 g/mol. The van der Waals surface area contributed by atoms with Crippen LogP contribution in [0, 0.1) is 0 Å². The van der Waals surface area contributed by atoms with Crippen molar-refractivity contribution in [3.63, 3.8) is 0 Å². The van der Waals surface area contributed by atoms with E-state index in [0.29, 0.717) is 17.4 Å². The zero-order chi connectivity index (χ0) is 10.4. The Morgan fingerprint density at radius 3 is 2.79 bits per heavy atom. The largest absolute Gasteiger partial charge is 0.396 e. The van der Waals surface area contributed by atoms with Crippen LogP contribution < -0.4 is 0 Å². The van der Waals surface area contributed by atoms with Gasteiger partial charge >= 0.3 is 0 Å². The molecule has 7 heteroatoms. The minimum absolute atomic E-state index is 0.171. The van der Waals surface area contributed by atoms with Gasteiger partial charge in [0.15, 0.2) is 0 Å². The molecule has 14 heavy (non-hydrogen) atoms. The van der Waals surface area contributed by atoms with Crippen LogP contribution in [0.3, 0.4) is 0 Å². The summed E-state index contributed by atoms with van der Waals surface area (Å²) in [7, 11) is 0. The Kier molecular flexibility index (Phi) is 5.62. The molecular formula is C7H11Cl2N3OS. The van der Waals surface area contributed by atoms with Gasteiger partial charge in [-0.05, 0) is 0 Å². The smallest absolute Gasteiger partial charge is 0.117 e. The van der Waals surface area contributed by atoms with E-state index in [0.717, 1.165) is 11.4 Å². The number of aliphatic hydroxyl groups excluding tert-OH is 1. The molecule has 0 fully saturated rings. The quantitative estimate of drug-likeness (QED) is 0.618. The van der Waals surface area contributed by atoms with Gasteiger partial charge in [-0.15, -0.1) is 28.3 Å². The summed E-state index contributed by atoms with van der Waals surface area (Å²) >= 11 is 13.0. The van der Waals surface area contributed by atoms with Gasteiger partial charge in [-0.2, -0.15) is 11.8 Å². The topological polar surface area (TPSA) is 50.9 Å². The van der Waals surface area contributed by atoms with Gasteiger partial charge in [0.2, 0.25) is 0 Å². The number of thioether (sulfide) groups is 1. The van der Waals surface area contributed by atoms with Crippen molar-refractivity contribution in [3.8, 4) is 0 Å². The Morgan fingerprint density at radius 1 is 1.43 bits per heavy atom. The molecule has 0 atom stereocenters. The van der Waals surface area contributed by atoms with Crippen molar-refractivity contribution in [2.24, 2.45) is 0 Å². The van der Waals surface area contributed by atoms with Crippen LogP contribution in [0.1, 0.15) is 11.4 Å². The summed E-state index contributed by atoms with van der Waals surface area (Å²) in [5, 5.41) is 16.4. The van der Waals surface area contributed by atoms with Crippen molar-refractivity contribution in [1.29, 1.82) is 0 Å². The third-order valence-electron chi connectivity index (χ3n) is 1.63. The first-order chi connectivity index (χ1) is 6.83. The molecule has 1 aromatic heterocycles. The maximum Gasteiger partial charge on any atom is 0.117 e. The molecule has 1 rings (SSSR count). The average molecular weight is 256 g/mol. The first-order valence-electron chi connectivity index (χ1n) is 4.05. The lowest BCUT2D eigenvalue weighted by atomic mass is 10.4. The Morgan fingerprint density at radius 2 is 2.21 bits per heavy atom. The summed E-state index contributed by atoms with van der Waals surface area (Å²) in [5.41, 5.74) is 1.70. The van der Waals surface area contributed by atoms with Gasteiger partial charge in [-0.1, -0.05) is 5.21 Å². The van der Waals surface area contributed by atoms with Crippen LogP contribution >= 0.6 is 35.0 Å². The molecule has 0 saturated heterocycles. The summed E-state index contributed by atoms with van der Waals surface area (Å²) in [6.45, 7) is 0.171. The second-order valence-corrected chi connectivity index (χ2v) is 4.12. The van der Waals surface area contributed by atoms with Crippen LogP contribution in [0.2, 0.25) is 0 Å². The highest BCUT2D eigenvalue weighted by molar-refractivity contribution is 7.98. The third-order valence-corrected chi connectivity index (χ3v) is 3.06. The van der Waals surface area contributed by atoms with E-state index in [1.807, 2.05) is 0 Å². The van der Waals surface area contributed by atoms with E-state index in [1.54, 1.807) is 16.4 Å². The molecule has 0 aromatic carbocycles. The fourth-order valence-electron chi connectivity index (χ4n) is 0.956. The summed E-state index contributed by atoms with van der Waals surface area (Å²) in [5.74, 6) is 1.75. The molecule has 0 aliphatic carbocycles. The van der Waals surface area contributed by atoms with Crippen molar-refractivity contribution >= 4 is 35.0 Å². The predicted octanol–water partition coefficient (Wildman–Crippen LogP) is 1.44. The molecule has 1 heterocycles. The predicted molar refractivity (Wildman–Crippen MR) is 58.7 cm³/mol. The SMILES string of the molecule is OCCSCc1nnn(CCl)c1CCl. The maximum absolute atomic E-state index is 8.61. The second-order valence-electron chi connectivity index (χ2n) is 2.51. The van der Waals surface area contributed by atoms with Gasteiger partial charge in [0.05, 0.1) is 23.9 Å². The van der Waals surface area contributed by atoms with Crippen molar-refractivity contribution in [3.05, 3.63) is 11.4 Å². The number of aromatic nitrogens is 3. The van der Waals surface area contributed by atoms with Crippen molar-refractivity contribution in [1.82, 2.24) is 15.0 Å². The second kappa shape index (κ2) is 6.50. The first kappa shape index (κ1) is 12.1. The van der Waals surface area contributed by atoms with Crippen LogP contribution in [-0.2, 0) is 17.6 Å². The van der Waals surface area contributed by atoms with Crippen LogP contribution in [-0.4, -0.2) is 32.5 Å². The Balaban J connectivity index is 2.61. The lowest BCUT2D eigenvalue weighted by Crippen LogP contribution is -2.00. The molecule has 1 N–H and O–H groups in total. The van der Waals surface area contributed by atoms with Gasteiger partial charge in [0, 0.05) is 11.5 Å². The van der Waals surface area contributed by atoms with Crippen LogP contribution in [0.4, 0.5) is 0 Å². The number of hydrogen-bond acceptors (Lipinski definition) is 4. The summed E-state index contributed by atoms with van der Waals surface area (Å²) in [6, 6.07) is 0.264. The highest BCUT2D eigenvalue weighted by atomic mass is 35.5. The molecule has 80 valence electrons. The van der Waals surface area contributed by atoms with Crippen molar-refractivity contribution < 1.29 is 5.11 Å². The van der Waals surface area contributed by atoms with Crippen molar-refractivity contribution in [2.75, 3.05) is 12.4 Å². The highest BCUT2D eigenvalue weighted by Gasteiger charge is 2.10. The maximum atomic E-state index is 8.61. The Labute approximate surface area is 96.6 Å². The molecule has 0 amide bonds. The van der Waals surface area contributed by atoms with Crippen LogP contribution in [0.15, 0.2) is 0 Å². The van der Waals surface area contributed by atoms with E-state index in [4.69, 9.17) is 28.3 Å². The number of aliphatic hydroxyl groups is 1. The lowest BCUT2D eigenvalue weighted by molar-refractivity contribution is 0.322. The van der Waals surface area contributed by atoms with Crippen molar-refractivity contribution in [2.45, 2.75) is 17.6 Å². The molecule has 0 bridgehead atoms. The van der Waals surface area contributed by atoms with E-state index in [9.17, 15) is 0 Å². The summed E-state index contributed by atoms with van der Waals surface area (Å²) < 4.78 is 1.57. The molecule has 0 spiro atoms. The van der Waals surface area contributed by atoms with Crippen LogP contribution in [0.25, 0.3) is 0 Å². The van der Waals surface area contributed by atoms with Crippen LogP contribution in [0.5, 0.6) is 0 Å². The zero-order valence-corrected chi connectivity index (χ0v) is 9.82. The number of alkyl halides is 2. The molecule has 1 aromatic rings. The van der Waals surface area contributed by atoms with Gasteiger partial charge in [-0.25, -0.2) is 4.68 Å².